The summed E-state index contributed by atoms with van der Waals surface area (Å²) in [6.45, 7) is 1.76. The molecule has 3 rings (SSSR count). The third kappa shape index (κ3) is 5.15. The van der Waals surface area contributed by atoms with Gasteiger partial charge in [-0.05, 0) is 41.8 Å². The highest BCUT2D eigenvalue weighted by atomic mass is 16.5. The highest BCUT2D eigenvalue weighted by Gasteiger charge is 2.03. The van der Waals surface area contributed by atoms with Crippen molar-refractivity contribution in [1.82, 2.24) is 0 Å². The van der Waals surface area contributed by atoms with Crippen LogP contribution in [-0.2, 0) is 4.79 Å². The van der Waals surface area contributed by atoms with E-state index in [4.69, 9.17) is 4.74 Å². The fourth-order valence-corrected chi connectivity index (χ4v) is 2.66. The predicted molar refractivity (Wildman–Crippen MR) is 112 cm³/mol. The van der Waals surface area contributed by atoms with Crippen molar-refractivity contribution < 1.29 is 14.3 Å². The molecule has 0 fully saturated rings. The van der Waals surface area contributed by atoms with Gasteiger partial charge in [0.05, 0.1) is 0 Å². The Labute approximate surface area is 164 Å². The molecule has 0 bridgehead atoms. The molecule has 0 aliphatic carbocycles. The summed E-state index contributed by atoms with van der Waals surface area (Å²) < 4.78 is 5.19. The molecule has 3 nitrogen and oxygen atoms in total. The van der Waals surface area contributed by atoms with Crippen LogP contribution in [0.5, 0.6) is 5.75 Å². The molecule has 0 saturated heterocycles. The topological polar surface area (TPSA) is 43.4 Å². The molecular weight excluding hydrogens is 348 g/mol. The van der Waals surface area contributed by atoms with E-state index in [9.17, 15) is 9.59 Å². The van der Waals surface area contributed by atoms with E-state index >= 15 is 0 Å². The number of carbonyl (C=O) groups is 2. The van der Waals surface area contributed by atoms with Crippen molar-refractivity contribution >= 4 is 17.8 Å². The quantitative estimate of drug-likeness (QED) is 0.241. The van der Waals surface area contributed by atoms with E-state index in [1.54, 1.807) is 43.3 Å². The lowest BCUT2D eigenvalue weighted by molar-refractivity contribution is -0.129. The number of ketones is 1. The number of esters is 1. The molecule has 0 N–H and O–H groups in total. The molecule has 0 saturated carbocycles. The lowest BCUT2D eigenvalue weighted by Crippen LogP contribution is -2.03. The van der Waals surface area contributed by atoms with Crippen LogP contribution < -0.4 is 4.74 Å². The molecular formula is C25H20O3. The molecule has 0 heterocycles. The maximum Gasteiger partial charge on any atom is 0.335 e. The Hall–Kier alpha value is -3.72. The average Bonchev–Trinajstić information content (AvgIpc) is 2.74. The Kier molecular flexibility index (Phi) is 6.32. The van der Waals surface area contributed by atoms with E-state index in [1.807, 2.05) is 60.7 Å². The summed E-state index contributed by atoms with van der Waals surface area (Å²) in [6.07, 6.45) is 6.41. The van der Waals surface area contributed by atoms with Crippen LogP contribution in [0.4, 0.5) is 0 Å². The monoisotopic (exact) mass is 368 g/mol. The lowest BCUT2D eigenvalue weighted by Gasteiger charge is -2.05. The van der Waals surface area contributed by atoms with Gasteiger partial charge in [0.15, 0.2) is 5.78 Å². The minimum absolute atomic E-state index is 0.0206. The van der Waals surface area contributed by atoms with Crippen LogP contribution in [0, 0.1) is 0 Å². The van der Waals surface area contributed by atoms with Gasteiger partial charge in [-0.25, -0.2) is 4.79 Å². The van der Waals surface area contributed by atoms with Gasteiger partial charge in [0, 0.05) is 11.6 Å². The van der Waals surface area contributed by atoms with Gasteiger partial charge >= 0.3 is 5.97 Å². The van der Waals surface area contributed by atoms with E-state index in [-0.39, 0.29) is 5.78 Å². The van der Waals surface area contributed by atoms with Crippen molar-refractivity contribution in [3.05, 3.63) is 108 Å². The van der Waals surface area contributed by atoms with Crippen molar-refractivity contribution in [1.29, 1.82) is 0 Å². The normalized spacial score (nSPS) is 11.0. The molecule has 0 amide bonds. The van der Waals surface area contributed by atoms with Gasteiger partial charge in [-0.1, -0.05) is 78.9 Å². The van der Waals surface area contributed by atoms with Crippen molar-refractivity contribution in [2.24, 2.45) is 0 Å². The smallest absolute Gasteiger partial charge is 0.335 e. The molecule has 0 aliphatic heterocycles. The van der Waals surface area contributed by atoms with E-state index in [0.29, 0.717) is 11.3 Å². The molecule has 0 spiro atoms. The van der Waals surface area contributed by atoms with E-state index in [1.165, 1.54) is 6.08 Å². The van der Waals surface area contributed by atoms with E-state index in [2.05, 4.69) is 0 Å². The average molecular weight is 368 g/mol. The standard InChI is InChI=1S/C25H20O3/c1-2-6-25(27)28-23-16-14-21(15-17-23)20-12-9-19(10-13-20)11-18-24(26)22-7-4-3-5-8-22/h2-18H,1H3/b6-2+,18-11+. The zero-order chi connectivity index (χ0) is 19.8. The van der Waals surface area contributed by atoms with Crippen LogP contribution in [0.3, 0.4) is 0 Å². The van der Waals surface area contributed by atoms with Gasteiger partial charge in [0.25, 0.3) is 0 Å². The summed E-state index contributed by atoms with van der Waals surface area (Å²) in [5.74, 6) is 0.0926. The summed E-state index contributed by atoms with van der Waals surface area (Å²) in [6, 6.07) is 24.4. The van der Waals surface area contributed by atoms with Crippen LogP contribution in [-0.4, -0.2) is 11.8 Å². The predicted octanol–water partition coefficient (Wildman–Crippen LogP) is 5.73. The minimum Gasteiger partial charge on any atom is -0.423 e. The van der Waals surface area contributed by atoms with Crippen molar-refractivity contribution in [3.8, 4) is 16.9 Å². The second kappa shape index (κ2) is 9.28. The number of hydrogen-bond acceptors (Lipinski definition) is 3. The van der Waals surface area contributed by atoms with Gasteiger partial charge in [-0.15, -0.1) is 0 Å². The number of allylic oxidation sites excluding steroid dienone is 2. The fraction of sp³-hybridized carbons (Fsp3) is 0.0400. The Morgan fingerprint density at radius 1 is 0.750 bits per heavy atom. The van der Waals surface area contributed by atoms with E-state index < -0.39 is 5.97 Å². The highest BCUT2D eigenvalue weighted by molar-refractivity contribution is 6.06. The third-order valence-corrected chi connectivity index (χ3v) is 4.10. The Morgan fingerprint density at radius 3 is 1.96 bits per heavy atom. The minimum atomic E-state index is -0.392. The second-order valence-electron chi connectivity index (χ2n) is 6.13. The van der Waals surface area contributed by atoms with Crippen LogP contribution in [0.15, 0.2) is 97.1 Å². The third-order valence-electron chi connectivity index (χ3n) is 4.10. The van der Waals surface area contributed by atoms with Gasteiger partial charge in [0.2, 0.25) is 0 Å². The van der Waals surface area contributed by atoms with Gasteiger partial charge in [-0.2, -0.15) is 0 Å². The molecule has 0 radical (unpaired) electrons. The first-order chi connectivity index (χ1) is 13.7. The number of rotatable bonds is 6. The van der Waals surface area contributed by atoms with Crippen molar-refractivity contribution in [3.63, 3.8) is 0 Å². The number of benzene rings is 3. The summed E-state index contributed by atoms with van der Waals surface area (Å²) in [5, 5.41) is 0. The fourth-order valence-electron chi connectivity index (χ4n) is 2.66. The zero-order valence-electron chi connectivity index (χ0n) is 15.5. The molecule has 0 unspecified atom stereocenters. The Morgan fingerprint density at radius 2 is 1.36 bits per heavy atom. The SMILES string of the molecule is C/C=C/C(=O)Oc1ccc(-c2ccc(/C=C/C(=O)c3ccccc3)cc2)cc1. The lowest BCUT2D eigenvalue weighted by atomic mass is 10.0. The molecule has 0 aliphatic rings. The molecule has 3 aromatic rings. The highest BCUT2D eigenvalue weighted by Crippen LogP contribution is 2.23. The first-order valence-corrected chi connectivity index (χ1v) is 8.98. The summed E-state index contributed by atoms with van der Waals surface area (Å²) in [7, 11) is 0. The maximum absolute atomic E-state index is 12.1. The van der Waals surface area contributed by atoms with Crippen LogP contribution >= 0.6 is 0 Å². The Bertz CT molecular complexity index is 996. The number of hydrogen-bond donors (Lipinski definition) is 0. The van der Waals surface area contributed by atoms with Gasteiger partial charge in [0.1, 0.15) is 5.75 Å². The van der Waals surface area contributed by atoms with Crippen LogP contribution in [0.25, 0.3) is 17.2 Å². The van der Waals surface area contributed by atoms with E-state index in [0.717, 1.165) is 16.7 Å². The summed E-state index contributed by atoms with van der Waals surface area (Å²) in [5.41, 5.74) is 3.68. The van der Waals surface area contributed by atoms with Crippen molar-refractivity contribution in [2.45, 2.75) is 6.92 Å². The summed E-state index contributed by atoms with van der Waals surface area (Å²) >= 11 is 0. The van der Waals surface area contributed by atoms with Crippen LogP contribution in [0.2, 0.25) is 0 Å². The van der Waals surface area contributed by atoms with Crippen molar-refractivity contribution in [2.75, 3.05) is 0 Å². The first-order valence-electron chi connectivity index (χ1n) is 8.98. The molecule has 138 valence electrons. The zero-order valence-corrected chi connectivity index (χ0v) is 15.5. The maximum atomic E-state index is 12.1. The molecule has 3 aromatic carbocycles. The second-order valence-corrected chi connectivity index (χ2v) is 6.13. The molecule has 0 atom stereocenters. The molecule has 3 heteroatoms. The summed E-state index contributed by atoms with van der Waals surface area (Å²) in [4.78, 5) is 23.6. The largest absolute Gasteiger partial charge is 0.423 e. The van der Waals surface area contributed by atoms with Gasteiger partial charge < -0.3 is 4.74 Å². The molecule has 0 aromatic heterocycles. The van der Waals surface area contributed by atoms with Gasteiger partial charge in [-0.3, -0.25) is 4.79 Å². The Balaban J connectivity index is 1.66. The number of ether oxygens (including phenoxy) is 1. The first kappa shape index (κ1) is 19.1. The van der Waals surface area contributed by atoms with Crippen LogP contribution in [0.1, 0.15) is 22.8 Å². The number of carbonyl (C=O) groups excluding carboxylic acids is 2. The molecule has 28 heavy (non-hydrogen) atoms.